The van der Waals surface area contributed by atoms with Crippen molar-refractivity contribution in [1.29, 1.82) is 0 Å². The smallest absolute Gasteiger partial charge is 0.308 e. The first kappa shape index (κ1) is 12.3. The van der Waals surface area contributed by atoms with Crippen molar-refractivity contribution in [3.8, 4) is 5.75 Å². The summed E-state index contributed by atoms with van der Waals surface area (Å²) in [5.41, 5.74) is 1.11. The summed E-state index contributed by atoms with van der Waals surface area (Å²) in [5, 5.41) is 0. The first-order chi connectivity index (χ1) is 5.72. The van der Waals surface area contributed by atoms with E-state index in [2.05, 4.69) is 12.6 Å². The normalized spacial score (nSPS) is 8.77. The lowest BCUT2D eigenvalue weighted by Gasteiger charge is -2.00. The minimum Gasteiger partial charge on any atom is -0.427 e. The fourth-order valence-electron chi connectivity index (χ4n) is 0.829. The second-order valence-corrected chi connectivity index (χ2v) is 2.71. The summed E-state index contributed by atoms with van der Waals surface area (Å²) in [6, 6.07) is 7.27. The molecule has 13 heavy (non-hydrogen) atoms. The van der Waals surface area contributed by atoms with Crippen LogP contribution in [-0.2, 0) is 10.5 Å². The van der Waals surface area contributed by atoms with Crippen molar-refractivity contribution in [2.45, 2.75) is 12.7 Å². The molecule has 0 radical (unpaired) electrons. The van der Waals surface area contributed by atoms with Crippen LogP contribution in [0.1, 0.15) is 12.5 Å². The topological polar surface area (TPSA) is 26.3 Å². The van der Waals surface area contributed by atoms with Crippen LogP contribution < -0.4 is 4.74 Å². The molecule has 1 aromatic rings. The van der Waals surface area contributed by atoms with Gasteiger partial charge in [-0.1, -0.05) is 12.1 Å². The first-order valence-electron chi connectivity index (χ1n) is 3.60. The Bertz CT molecular complexity index is 271. The molecule has 0 aliphatic heterocycles. The van der Waals surface area contributed by atoms with E-state index in [0.29, 0.717) is 11.5 Å². The van der Waals surface area contributed by atoms with Crippen molar-refractivity contribution in [3.63, 3.8) is 0 Å². The molecule has 0 fully saturated rings. The van der Waals surface area contributed by atoms with Gasteiger partial charge in [0, 0.05) is 12.7 Å². The molecule has 0 saturated heterocycles. The van der Waals surface area contributed by atoms with Gasteiger partial charge in [0.2, 0.25) is 0 Å². The van der Waals surface area contributed by atoms with E-state index in [-0.39, 0.29) is 18.4 Å². The lowest BCUT2D eigenvalue weighted by atomic mass is 10.2. The molecular formula is C9H11ClO2S. The van der Waals surface area contributed by atoms with Crippen LogP contribution in [0.3, 0.4) is 0 Å². The number of rotatable bonds is 2. The van der Waals surface area contributed by atoms with Crippen LogP contribution in [0.15, 0.2) is 24.3 Å². The van der Waals surface area contributed by atoms with Crippen LogP contribution in [0.4, 0.5) is 0 Å². The zero-order valence-corrected chi connectivity index (χ0v) is 8.90. The predicted molar refractivity (Wildman–Crippen MR) is 57.7 cm³/mol. The maximum absolute atomic E-state index is 10.5. The largest absolute Gasteiger partial charge is 0.427 e. The molecule has 0 saturated carbocycles. The van der Waals surface area contributed by atoms with Crippen molar-refractivity contribution in [2.24, 2.45) is 0 Å². The number of carbonyl (C=O) groups excluding carboxylic acids is 1. The molecule has 0 bridgehead atoms. The average Bonchev–Trinajstić information content (AvgIpc) is 2.05. The van der Waals surface area contributed by atoms with Crippen LogP contribution in [0.5, 0.6) is 5.75 Å². The summed E-state index contributed by atoms with van der Waals surface area (Å²) in [7, 11) is 0. The van der Waals surface area contributed by atoms with E-state index < -0.39 is 0 Å². The Morgan fingerprint density at radius 1 is 1.38 bits per heavy atom. The van der Waals surface area contributed by atoms with E-state index in [1.807, 2.05) is 12.1 Å². The van der Waals surface area contributed by atoms with Crippen LogP contribution in [0, 0.1) is 0 Å². The van der Waals surface area contributed by atoms with E-state index in [1.54, 1.807) is 12.1 Å². The summed E-state index contributed by atoms with van der Waals surface area (Å²) >= 11 is 4.11. The highest BCUT2D eigenvalue weighted by atomic mass is 35.5. The summed E-state index contributed by atoms with van der Waals surface area (Å²) in [5.74, 6) is 0.974. The number of halogens is 1. The predicted octanol–water partition coefficient (Wildman–Crippen LogP) is 2.46. The SMILES string of the molecule is CC(=O)Oc1ccc(CS)cc1.Cl. The lowest BCUT2D eigenvalue weighted by molar-refractivity contribution is -0.131. The fraction of sp³-hybridized carbons (Fsp3) is 0.222. The molecule has 0 aliphatic carbocycles. The standard InChI is InChI=1S/C9H10O2S.ClH/c1-7(10)11-9-4-2-8(6-12)3-5-9;/h2-5,12H,6H2,1H3;1H. The molecule has 0 N–H and O–H groups in total. The number of esters is 1. The Kier molecular flexibility index (Phi) is 5.58. The highest BCUT2D eigenvalue weighted by Gasteiger charge is 1.96. The van der Waals surface area contributed by atoms with Gasteiger partial charge in [0.25, 0.3) is 0 Å². The third-order valence-electron chi connectivity index (χ3n) is 1.37. The molecule has 0 aliphatic rings. The maximum atomic E-state index is 10.5. The summed E-state index contributed by atoms with van der Waals surface area (Å²) in [6.07, 6.45) is 0. The number of carbonyl (C=O) groups is 1. The third-order valence-corrected chi connectivity index (χ3v) is 1.73. The van der Waals surface area contributed by atoms with Gasteiger partial charge in [0.1, 0.15) is 5.75 Å². The molecule has 1 aromatic carbocycles. The molecule has 0 aromatic heterocycles. The quantitative estimate of drug-likeness (QED) is 0.469. The van der Waals surface area contributed by atoms with Crippen LogP contribution in [0.25, 0.3) is 0 Å². The third kappa shape index (κ3) is 4.20. The van der Waals surface area contributed by atoms with E-state index in [9.17, 15) is 4.79 Å². The molecule has 0 atom stereocenters. The molecule has 0 spiro atoms. The van der Waals surface area contributed by atoms with Gasteiger partial charge in [0.15, 0.2) is 0 Å². The number of thiol groups is 1. The van der Waals surface area contributed by atoms with Gasteiger partial charge in [-0.3, -0.25) is 4.79 Å². The van der Waals surface area contributed by atoms with Crippen molar-refractivity contribution >= 4 is 31.0 Å². The minimum atomic E-state index is -0.298. The Morgan fingerprint density at radius 2 is 1.92 bits per heavy atom. The van der Waals surface area contributed by atoms with Crippen molar-refractivity contribution in [2.75, 3.05) is 0 Å². The Labute approximate surface area is 89.1 Å². The van der Waals surface area contributed by atoms with Gasteiger partial charge in [-0.15, -0.1) is 12.4 Å². The zero-order chi connectivity index (χ0) is 8.97. The van der Waals surface area contributed by atoms with Crippen molar-refractivity contribution in [3.05, 3.63) is 29.8 Å². The van der Waals surface area contributed by atoms with E-state index in [4.69, 9.17) is 4.74 Å². The Balaban J connectivity index is 0.00000144. The Hall–Kier alpha value is -0.670. The summed E-state index contributed by atoms with van der Waals surface area (Å²) in [4.78, 5) is 10.5. The van der Waals surface area contributed by atoms with Crippen LogP contribution in [-0.4, -0.2) is 5.97 Å². The van der Waals surface area contributed by atoms with Gasteiger partial charge in [-0.05, 0) is 17.7 Å². The molecule has 1 rings (SSSR count). The van der Waals surface area contributed by atoms with Crippen molar-refractivity contribution < 1.29 is 9.53 Å². The van der Waals surface area contributed by atoms with Gasteiger partial charge in [-0.2, -0.15) is 12.6 Å². The highest BCUT2D eigenvalue weighted by molar-refractivity contribution is 7.79. The maximum Gasteiger partial charge on any atom is 0.308 e. The molecule has 72 valence electrons. The molecule has 0 amide bonds. The molecular weight excluding hydrogens is 208 g/mol. The molecule has 0 unspecified atom stereocenters. The molecule has 2 nitrogen and oxygen atoms in total. The van der Waals surface area contributed by atoms with E-state index in [0.717, 1.165) is 5.56 Å². The second-order valence-electron chi connectivity index (χ2n) is 2.40. The van der Waals surface area contributed by atoms with Crippen molar-refractivity contribution in [1.82, 2.24) is 0 Å². The van der Waals surface area contributed by atoms with Crippen LogP contribution in [0.2, 0.25) is 0 Å². The number of hydrogen-bond donors (Lipinski definition) is 1. The lowest BCUT2D eigenvalue weighted by Crippen LogP contribution is -2.00. The van der Waals surface area contributed by atoms with Gasteiger partial charge >= 0.3 is 5.97 Å². The zero-order valence-electron chi connectivity index (χ0n) is 7.19. The van der Waals surface area contributed by atoms with Gasteiger partial charge in [-0.25, -0.2) is 0 Å². The molecule has 4 heteroatoms. The van der Waals surface area contributed by atoms with Gasteiger partial charge in [0.05, 0.1) is 0 Å². The monoisotopic (exact) mass is 218 g/mol. The minimum absolute atomic E-state index is 0. The van der Waals surface area contributed by atoms with E-state index >= 15 is 0 Å². The fourth-order valence-corrected chi connectivity index (χ4v) is 1.04. The molecule has 0 heterocycles. The highest BCUT2D eigenvalue weighted by Crippen LogP contribution is 2.13. The van der Waals surface area contributed by atoms with Gasteiger partial charge < -0.3 is 4.74 Å². The van der Waals surface area contributed by atoms with E-state index in [1.165, 1.54) is 6.92 Å². The first-order valence-corrected chi connectivity index (χ1v) is 4.24. The summed E-state index contributed by atoms with van der Waals surface area (Å²) < 4.78 is 4.85. The number of ether oxygens (including phenoxy) is 1. The Morgan fingerprint density at radius 3 is 2.31 bits per heavy atom. The van der Waals surface area contributed by atoms with Crippen LogP contribution >= 0.6 is 25.0 Å². The number of benzene rings is 1. The second kappa shape index (κ2) is 5.89. The summed E-state index contributed by atoms with van der Waals surface area (Å²) in [6.45, 7) is 1.38. The number of hydrogen-bond acceptors (Lipinski definition) is 3. The average molecular weight is 219 g/mol.